The topological polar surface area (TPSA) is 46.5 Å². The van der Waals surface area contributed by atoms with E-state index in [0.29, 0.717) is 0 Å². The van der Waals surface area contributed by atoms with E-state index < -0.39 is 12.1 Å². The van der Waals surface area contributed by atoms with Gasteiger partial charge in [-0.05, 0) is 23.3 Å². The number of benzene rings is 2. The molecule has 2 aromatic rings. The number of carboxylic acids is 1. The van der Waals surface area contributed by atoms with Crippen LogP contribution < -0.4 is 4.74 Å². The molecule has 0 radical (unpaired) electrons. The maximum atomic E-state index is 12.8. The van der Waals surface area contributed by atoms with Crippen molar-refractivity contribution in [2.75, 3.05) is 0 Å². The Morgan fingerprint density at radius 1 is 0.947 bits per heavy atom. The van der Waals surface area contributed by atoms with Gasteiger partial charge < -0.3 is 9.84 Å². The fourth-order valence-corrected chi connectivity index (χ4v) is 1.54. The van der Waals surface area contributed by atoms with Crippen molar-refractivity contribution in [2.24, 2.45) is 0 Å². The van der Waals surface area contributed by atoms with E-state index in [0.717, 1.165) is 11.1 Å². The van der Waals surface area contributed by atoms with Gasteiger partial charge in [0.25, 0.3) is 0 Å². The molecule has 98 valence electrons. The Hall–Kier alpha value is -2.43. The lowest BCUT2D eigenvalue weighted by Gasteiger charge is -2.13. The van der Waals surface area contributed by atoms with Crippen LogP contribution in [0.15, 0.2) is 54.6 Å². The second kappa shape index (κ2) is 5.06. The standard InChI is InChI=1S/C14H10F2O3/c15-14(16,13(17)18)19-12-8-6-11(7-9-12)10-4-2-1-3-5-10/h1-9H,(H,17,18)/i15-1. The van der Waals surface area contributed by atoms with E-state index >= 15 is 0 Å². The Kier molecular flexibility index (Phi) is 3.46. The summed E-state index contributed by atoms with van der Waals surface area (Å²) in [5, 5.41) is 8.26. The first-order chi connectivity index (χ1) is 8.99. The van der Waals surface area contributed by atoms with E-state index in [2.05, 4.69) is 4.74 Å². The average molecular weight is 263 g/mol. The Morgan fingerprint density at radius 3 is 2.00 bits per heavy atom. The molecule has 1 unspecified atom stereocenters. The van der Waals surface area contributed by atoms with Gasteiger partial charge in [-0.2, -0.15) is 8.78 Å². The third kappa shape index (κ3) is 3.07. The summed E-state index contributed by atoms with van der Waals surface area (Å²) >= 11 is 0. The molecule has 0 aliphatic rings. The first-order valence-electron chi connectivity index (χ1n) is 5.45. The molecular formula is C14H10F2O3. The molecule has 0 fully saturated rings. The number of hydrogen-bond acceptors (Lipinski definition) is 2. The van der Waals surface area contributed by atoms with Gasteiger partial charge in [-0.3, -0.25) is 0 Å². The van der Waals surface area contributed by atoms with Gasteiger partial charge in [0.15, 0.2) is 0 Å². The normalized spacial score (nSPS) is 13.6. The van der Waals surface area contributed by atoms with Crippen molar-refractivity contribution in [1.29, 1.82) is 0 Å². The van der Waals surface area contributed by atoms with Gasteiger partial charge >= 0.3 is 12.1 Å². The zero-order chi connectivity index (χ0) is 13.9. The highest BCUT2D eigenvalue weighted by Gasteiger charge is 2.42. The summed E-state index contributed by atoms with van der Waals surface area (Å²) in [6, 6.07) is 15.1. The minimum atomic E-state index is -4.23. The lowest BCUT2D eigenvalue weighted by atomic mass is 10.1. The number of alkyl halides is 2. The molecule has 3 nitrogen and oxygen atoms in total. The summed E-state index contributed by atoms with van der Waals surface area (Å²) in [6.45, 7) is 0. The third-order valence-electron chi connectivity index (χ3n) is 2.46. The highest BCUT2D eigenvalue weighted by molar-refractivity contribution is 5.74. The van der Waals surface area contributed by atoms with E-state index in [9.17, 15) is 13.6 Å². The monoisotopic (exact) mass is 263 g/mol. The summed E-state index contributed by atoms with van der Waals surface area (Å²) in [5.41, 5.74) is 1.76. The quantitative estimate of drug-likeness (QED) is 0.919. The van der Waals surface area contributed by atoms with Crippen LogP contribution in [0.25, 0.3) is 11.1 Å². The maximum Gasteiger partial charge on any atom is 0.501 e. The predicted octanol–water partition coefficient (Wildman–Crippen LogP) is 3.41. The van der Waals surface area contributed by atoms with Gasteiger partial charge in [-0.25, -0.2) is 4.79 Å². The summed E-state index contributed by atoms with van der Waals surface area (Å²) in [4.78, 5) is 10.2. The molecular weight excluding hydrogens is 253 g/mol. The first-order valence-corrected chi connectivity index (χ1v) is 5.45. The summed E-state index contributed by atoms with van der Waals surface area (Å²) < 4.78 is 29.8. The molecule has 0 aliphatic heterocycles. The molecule has 5 heteroatoms. The average Bonchev–Trinajstić information content (AvgIpc) is 2.40. The van der Waals surface area contributed by atoms with Crippen LogP contribution in [-0.4, -0.2) is 17.2 Å². The van der Waals surface area contributed by atoms with Gasteiger partial charge in [0.2, 0.25) is 0 Å². The van der Waals surface area contributed by atoms with Gasteiger partial charge in [-0.1, -0.05) is 42.5 Å². The van der Waals surface area contributed by atoms with Crippen molar-refractivity contribution in [3.05, 3.63) is 54.6 Å². The van der Waals surface area contributed by atoms with Gasteiger partial charge in [0.1, 0.15) is 5.75 Å². The van der Waals surface area contributed by atoms with Crippen LogP contribution >= 0.6 is 0 Å². The Bertz CT molecular complexity index is 565. The van der Waals surface area contributed by atoms with E-state index in [1.54, 1.807) is 12.1 Å². The molecule has 1 N–H and O–H groups in total. The lowest BCUT2D eigenvalue weighted by molar-refractivity contribution is -0.210. The van der Waals surface area contributed by atoms with Gasteiger partial charge in [-0.15, -0.1) is 0 Å². The smallest absolute Gasteiger partial charge is 0.474 e. The fraction of sp³-hybridized carbons (Fsp3) is 0.0714. The zero-order valence-electron chi connectivity index (χ0n) is 9.72. The van der Waals surface area contributed by atoms with E-state index in [-0.39, 0.29) is 5.75 Å². The van der Waals surface area contributed by atoms with Crippen LogP contribution in [0.2, 0.25) is 0 Å². The van der Waals surface area contributed by atoms with Crippen LogP contribution in [0.4, 0.5) is 8.78 Å². The van der Waals surface area contributed by atoms with Crippen LogP contribution in [0.5, 0.6) is 5.75 Å². The minimum absolute atomic E-state index is 0.202. The van der Waals surface area contributed by atoms with E-state index in [1.807, 2.05) is 30.3 Å². The summed E-state index contributed by atoms with van der Waals surface area (Å²) in [6.07, 6.45) is -4.23. The number of rotatable bonds is 4. The number of carbonyl (C=O) groups is 1. The molecule has 0 aromatic heterocycles. The van der Waals surface area contributed by atoms with Crippen molar-refractivity contribution in [2.45, 2.75) is 6.11 Å². The molecule has 0 aliphatic carbocycles. The molecule has 2 aromatic carbocycles. The van der Waals surface area contributed by atoms with Crippen molar-refractivity contribution in [3.63, 3.8) is 0 Å². The Labute approximate surface area is 108 Å². The fourth-order valence-electron chi connectivity index (χ4n) is 1.54. The lowest BCUT2D eigenvalue weighted by Crippen LogP contribution is -2.34. The largest absolute Gasteiger partial charge is 0.501 e. The number of halogens is 2. The minimum Gasteiger partial charge on any atom is -0.474 e. The van der Waals surface area contributed by atoms with Crippen molar-refractivity contribution in [1.82, 2.24) is 0 Å². The van der Waals surface area contributed by atoms with Crippen LogP contribution in [0.3, 0.4) is 0 Å². The molecule has 1 atom stereocenters. The number of hydrogen-bond donors (Lipinski definition) is 1. The van der Waals surface area contributed by atoms with Crippen molar-refractivity contribution < 1.29 is 23.4 Å². The van der Waals surface area contributed by atoms with Crippen molar-refractivity contribution in [3.8, 4) is 16.9 Å². The SMILES string of the molecule is O=C(O)C(F)([18F])Oc1ccc(-c2ccccc2)cc1. The van der Waals surface area contributed by atoms with Gasteiger partial charge in [0.05, 0.1) is 0 Å². The van der Waals surface area contributed by atoms with Crippen molar-refractivity contribution >= 4 is 5.97 Å². The molecule has 2 rings (SSSR count). The third-order valence-corrected chi connectivity index (χ3v) is 2.46. The molecule has 0 spiro atoms. The van der Waals surface area contributed by atoms with Crippen LogP contribution in [0.1, 0.15) is 0 Å². The van der Waals surface area contributed by atoms with Crippen LogP contribution in [0, 0.1) is 0 Å². The molecule has 19 heavy (non-hydrogen) atoms. The highest BCUT2D eigenvalue weighted by Crippen LogP contribution is 2.25. The molecule has 0 heterocycles. The predicted molar refractivity (Wildman–Crippen MR) is 65.1 cm³/mol. The molecule has 0 saturated carbocycles. The second-order valence-corrected chi connectivity index (χ2v) is 3.81. The highest BCUT2D eigenvalue weighted by atomic mass is 19.2. The Balaban J connectivity index is 2.18. The molecule has 0 saturated heterocycles. The van der Waals surface area contributed by atoms with E-state index in [1.165, 1.54) is 12.1 Å². The Morgan fingerprint density at radius 2 is 1.47 bits per heavy atom. The summed E-state index contributed by atoms with van der Waals surface area (Å²) in [5.74, 6) is -2.52. The van der Waals surface area contributed by atoms with Gasteiger partial charge in [0, 0.05) is 0 Å². The first kappa shape index (κ1) is 13.0. The zero-order valence-corrected chi connectivity index (χ0v) is 9.72. The maximum absolute atomic E-state index is 12.8. The molecule has 0 amide bonds. The number of ether oxygens (including phenoxy) is 1. The molecule has 0 bridgehead atoms. The number of aliphatic carboxylic acids is 1. The second-order valence-electron chi connectivity index (χ2n) is 3.81. The number of carboxylic acid groups (broad SMARTS) is 1. The van der Waals surface area contributed by atoms with Crippen LogP contribution in [-0.2, 0) is 4.79 Å². The van der Waals surface area contributed by atoms with E-state index in [4.69, 9.17) is 5.11 Å². The summed E-state index contributed by atoms with van der Waals surface area (Å²) in [7, 11) is 0.